The van der Waals surface area contributed by atoms with Gasteiger partial charge in [0.2, 0.25) is 0 Å². The standard InChI is InChI=1S/C16H19BO/c1-4-18-17(15-11-7-5-9-13(15)2)16-12-8-6-10-14(16)3/h5-12H,4H2,1-3H3. The van der Waals surface area contributed by atoms with Crippen LogP contribution in [0.3, 0.4) is 0 Å². The second-order valence-electron chi connectivity index (χ2n) is 4.55. The SMILES string of the molecule is CCOB(c1ccccc1C)c1ccccc1C. The van der Waals surface area contributed by atoms with Crippen molar-refractivity contribution >= 4 is 17.8 Å². The maximum atomic E-state index is 5.98. The molecule has 0 aliphatic heterocycles. The number of hydrogen-bond donors (Lipinski definition) is 0. The minimum Gasteiger partial charge on any atom is -0.427 e. The molecule has 0 N–H and O–H groups in total. The summed E-state index contributed by atoms with van der Waals surface area (Å²) < 4.78 is 5.98. The molecule has 92 valence electrons. The normalized spacial score (nSPS) is 10.4. The summed E-state index contributed by atoms with van der Waals surface area (Å²) in [7, 11) is 0. The first-order valence-corrected chi connectivity index (χ1v) is 6.46. The Morgan fingerprint density at radius 2 is 1.28 bits per heavy atom. The third-order valence-electron chi connectivity index (χ3n) is 3.28. The number of hydrogen-bond acceptors (Lipinski definition) is 1. The van der Waals surface area contributed by atoms with Crippen LogP contribution in [0.15, 0.2) is 48.5 Å². The topological polar surface area (TPSA) is 9.23 Å². The van der Waals surface area contributed by atoms with Gasteiger partial charge in [-0.15, -0.1) is 0 Å². The van der Waals surface area contributed by atoms with Crippen molar-refractivity contribution in [2.75, 3.05) is 6.61 Å². The predicted molar refractivity (Wildman–Crippen MR) is 79.0 cm³/mol. The predicted octanol–water partition coefficient (Wildman–Crippen LogP) is 2.45. The quantitative estimate of drug-likeness (QED) is 0.743. The van der Waals surface area contributed by atoms with Gasteiger partial charge in [-0.05, 0) is 31.7 Å². The van der Waals surface area contributed by atoms with Gasteiger partial charge in [0.25, 0.3) is 0 Å². The Morgan fingerprint density at radius 3 is 1.67 bits per heavy atom. The van der Waals surface area contributed by atoms with Crippen LogP contribution in [0.5, 0.6) is 0 Å². The molecular weight excluding hydrogens is 219 g/mol. The third kappa shape index (κ3) is 2.65. The van der Waals surface area contributed by atoms with Crippen molar-refractivity contribution in [1.82, 2.24) is 0 Å². The minimum atomic E-state index is 0.0393. The Morgan fingerprint density at radius 1 is 0.833 bits per heavy atom. The van der Waals surface area contributed by atoms with E-state index in [0.29, 0.717) is 6.61 Å². The van der Waals surface area contributed by atoms with E-state index in [0.717, 1.165) is 0 Å². The molecular formula is C16H19BO. The molecule has 18 heavy (non-hydrogen) atoms. The Balaban J connectivity index is 2.47. The summed E-state index contributed by atoms with van der Waals surface area (Å²) in [5.74, 6) is 0. The average molecular weight is 238 g/mol. The summed E-state index contributed by atoms with van der Waals surface area (Å²) in [6.07, 6.45) is 0. The summed E-state index contributed by atoms with van der Waals surface area (Å²) in [4.78, 5) is 0. The zero-order chi connectivity index (χ0) is 13.0. The van der Waals surface area contributed by atoms with E-state index < -0.39 is 0 Å². The molecule has 1 nitrogen and oxygen atoms in total. The highest BCUT2D eigenvalue weighted by Gasteiger charge is 2.23. The van der Waals surface area contributed by atoms with Gasteiger partial charge < -0.3 is 4.65 Å². The third-order valence-corrected chi connectivity index (χ3v) is 3.28. The Hall–Kier alpha value is -1.54. The zero-order valence-electron chi connectivity index (χ0n) is 11.3. The summed E-state index contributed by atoms with van der Waals surface area (Å²) in [6.45, 7) is 7.08. The molecule has 0 aliphatic carbocycles. The largest absolute Gasteiger partial charge is 0.427 e. The van der Waals surface area contributed by atoms with E-state index in [4.69, 9.17) is 4.65 Å². The Kier molecular flexibility index (Phi) is 4.21. The number of benzene rings is 2. The summed E-state index contributed by atoms with van der Waals surface area (Å²) >= 11 is 0. The second kappa shape index (κ2) is 5.88. The second-order valence-corrected chi connectivity index (χ2v) is 4.55. The van der Waals surface area contributed by atoms with Crippen LogP contribution in [-0.4, -0.2) is 13.5 Å². The molecule has 0 saturated heterocycles. The van der Waals surface area contributed by atoms with Gasteiger partial charge in [0.15, 0.2) is 0 Å². The van der Waals surface area contributed by atoms with Gasteiger partial charge >= 0.3 is 6.92 Å². The molecule has 2 heteroatoms. The summed E-state index contributed by atoms with van der Waals surface area (Å²) in [6, 6.07) is 16.9. The smallest absolute Gasteiger partial charge is 0.362 e. The van der Waals surface area contributed by atoms with E-state index >= 15 is 0 Å². The molecule has 0 amide bonds. The minimum absolute atomic E-state index is 0.0393. The molecule has 0 radical (unpaired) electrons. The molecule has 0 heterocycles. The summed E-state index contributed by atoms with van der Waals surface area (Å²) in [5, 5.41) is 0. The van der Waals surface area contributed by atoms with Crippen LogP contribution in [0.4, 0.5) is 0 Å². The van der Waals surface area contributed by atoms with Crippen molar-refractivity contribution in [2.24, 2.45) is 0 Å². The van der Waals surface area contributed by atoms with E-state index in [9.17, 15) is 0 Å². The Bertz CT molecular complexity index is 477. The van der Waals surface area contributed by atoms with Crippen molar-refractivity contribution in [2.45, 2.75) is 20.8 Å². The molecule has 2 aromatic rings. The highest BCUT2D eigenvalue weighted by Crippen LogP contribution is 2.02. The van der Waals surface area contributed by atoms with Crippen molar-refractivity contribution in [1.29, 1.82) is 0 Å². The van der Waals surface area contributed by atoms with E-state index in [1.54, 1.807) is 0 Å². The van der Waals surface area contributed by atoms with Crippen LogP contribution in [0.25, 0.3) is 0 Å². The van der Waals surface area contributed by atoms with Gasteiger partial charge in [0.05, 0.1) is 0 Å². The lowest BCUT2D eigenvalue weighted by Gasteiger charge is -2.18. The van der Waals surface area contributed by atoms with Gasteiger partial charge in [0, 0.05) is 6.61 Å². The van der Waals surface area contributed by atoms with Crippen molar-refractivity contribution in [3.8, 4) is 0 Å². The maximum absolute atomic E-state index is 5.98. The van der Waals surface area contributed by atoms with E-state index in [-0.39, 0.29) is 6.92 Å². The monoisotopic (exact) mass is 238 g/mol. The number of rotatable bonds is 4. The Labute approximate surface area is 110 Å². The van der Waals surface area contributed by atoms with Gasteiger partial charge in [-0.2, -0.15) is 0 Å². The molecule has 2 aromatic carbocycles. The fraction of sp³-hybridized carbons (Fsp3) is 0.250. The molecule has 0 aliphatic rings. The summed E-state index contributed by atoms with van der Waals surface area (Å²) in [5.41, 5.74) is 5.07. The highest BCUT2D eigenvalue weighted by atomic mass is 16.4. The van der Waals surface area contributed by atoms with E-state index in [1.807, 2.05) is 6.92 Å². The first kappa shape index (κ1) is 12.9. The van der Waals surface area contributed by atoms with Crippen LogP contribution in [-0.2, 0) is 4.65 Å². The lowest BCUT2D eigenvalue weighted by Crippen LogP contribution is -2.47. The van der Waals surface area contributed by atoms with Crippen molar-refractivity contribution < 1.29 is 4.65 Å². The van der Waals surface area contributed by atoms with Gasteiger partial charge in [-0.25, -0.2) is 0 Å². The molecule has 0 fully saturated rings. The van der Waals surface area contributed by atoms with Gasteiger partial charge in [-0.3, -0.25) is 0 Å². The van der Waals surface area contributed by atoms with E-state index in [1.165, 1.54) is 22.1 Å². The fourth-order valence-electron chi connectivity index (χ4n) is 2.28. The van der Waals surface area contributed by atoms with Gasteiger partial charge in [0.1, 0.15) is 0 Å². The molecule has 0 atom stereocenters. The molecule has 0 unspecified atom stereocenters. The van der Waals surface area contributed by atoms with Crippen LogP contribution >= 0.6 is 0 Å². The highest BCUT2D eigenvalue weighted by molar-refractivity contribution is 6.80. The molecule has 0 aromatic heterocycles. The van der Waals surface area contributed by atoms with Crippen LogP contribution < -0.4 is 10.9 Å². The van der Waals surface area contributed by atoms with Crippen molar-refractivity contribution in [3.63, 3.8) is 0 Å². The zero-order valence-corrected chi connectivity index (χ0v) is 11.3. The van der Waals surface area contributed by atoms with Crippen LogP contribution in [0, 0.1) is 13.8 Å². The first-order valence-electron chi connectivity index (χ1n) is 6.46. The lowest BCUT2D eigenvalue weighted by molar-refractivity contribution is 0.358. The lowest BCUT2D eigenvalue weighted by atomic mass is 9.53. The maximum Gasteiger partial charge on any atom is 0.362 e. The van der Waals surface area contributed by atoms with Crippen molar-refractivity contribution in [3.05, 3.63) is 59.7 Å². The van der Waals surface area contributed by atoms with Crippen LogP contribution in [0.2, 0.25) is 0 Å². The van der Waals surface area contributed by atoms with E-state index in [2.05, 4.69) is 62.4 Å². The van der Waals surface area contributed by atoms with Crippen LogP contribution in [0.1, 0.15) is 18.1 Å². The number of aryl methyl sites for hydroxylation is 2. The molecule has 0 saturated carbocycles. The average Bonchev–Trinajstić information content (AvgIpc) is 2.38. The fourth-order valence-corrected chi connectivity index (χ4v) is 2.28. The molecule has 0 bridgehead atoms. The first-order chi connectivity index (χ1) is 8.74. The van der Waals surface area contributed by atoms with Gasteiger partial charge in [-0.1, -0.05) is 59.7 Å². The molecule has 0 spiro atoms. The molecule has 2 rings (SSSR count).